The molecule has 6 rings (SSSR count). The van der Waals surface area contributed by atoms with E-state index in [4.69, 9.17) is 18.9 Å². The van der Waals surface area contributed by atoms with E-state index in [2.05, 4.69) is 6.92 Å². The second-order valence-corrected chi connectivity index (χ2v) is 14.8. The van der Waals surface area contributed by atoms with E-state index in [0.717, 1.165) is 51.4 Å². The monoisotopic (exact) mass is 574 g/mol. The molecule has 12 atom stereocenters. The fourth-order valence-corrected chi connectivity index (χ4v) is 10.9. The average Bonchev–Trinajstić information content (AvgIpc) is 3.54. The molecule has 1 saturated heterocycles. The molecule has 2 spiro atoms. The maximum atomic E-state index is 14.3. The van der Waals surface area contributed by atoms with Crippen LogP contribution in [0.15, 0.2) is 0 Å². The van der Waals surface area contributed by atoms with Crippen molar-refractivity contribution in [1.29, 1.82) is 0 Å². The van der Waals surface area contributed by atoms with Crippen molar-refractivity contribution in [2.45, 2.75) is 128 Å². The van der Waals surface area contributed by atoms with Crippen molar-refractivity contribution >= 4 is 24.3 Å². The number of carbonyl (C=O) groups excluding carboxylic acids is 4. The van der Waals surface area contributed by atoms with Crippen LogP contribution in [0.1, 0.15) is 91.9 Å². The Bertz CT molecular complexity index is 1080. The predicted octanol–water partition coefficient (Wildman–Crippen LogP) is 3.56. The highest BCUT2D eigenvalue weighted by molar-refractivity contribution is 5.90. The van der Waals surface area contributed by atoms with Gasteiger partial charge in [-0.15, -0.1) is 0 Å². The van der Waals surface area contributed by atoms with Gasteiger partial charge in [-0.1, -0.05) is 6.92 Å². The first-order valence-corrected chi connectivity index (χ1v) is 15.6. The fraction of sp³-hybridized carbons (Fsp3) is 0.875. The van der Waals surface area contributed by atoms with Gasteiger partial charge in [0.25, 0.3) is 0 Å². The third-order valence-electron chi connectivity index (χ3n) is 12.5. The second-order valence-electron chi connectivity index (χ2n) is 14.8. The van der Waals surface area contributed by atoms with Crippen molar-refractivity contribution in [3.63, 3.8) is 0 Å². The molecule has 6 fully saturated rings. The molecule has 228 valence electrons. The minimum atomic E-state index is -1.28. The topological polar surface area (TPSA) is 125 Å². The van der Waals surface area contributed by atoms with E-state index >= 15 is 0 Å². The number of carbonyl (C=O) groups is 4. The minimum Gasteiger partial charge on any atom is -0.457 e. The summed E-state index contributed by atoms with van der Waals surface area (Å²) < 4.78 is 23.2. The Morgan fingerprint density at radius 3 is 2.54 bits per heavy atom. The van der Waals surface area contributed by atoms with Gasteiger partial charge in [0, 0.05) is 12.8 Å². The van der Waals surface area contributed by atoms with Crippen molar-refractivity contribution in [2.75, 3.05) is 6.61 Å². The molecule has 0 amide bonds. The molecular formula is C32H46O9. The number of hydrogen-bond acceptors (Lipinski definition) is 9. The molecule has 0 radical (unpaired) electrons. The molecule has 0 aromatic heterocycles. The Hall–Kier alpha value is -1.68. The largest absolute Gasteiger partial charge is 0.457 e. The zero-order valence-corrected chi connectivity index (χ0v) is 24.8. The summed E-state index contributed by atoms with van der Waals surface area (Å²) in [5, 5.41) is 10.8. The molecule has 5 aliphatic carbocycles. The van der Waals surface area contributed by atoms with Crippen LogP contribution in [0.2, 0.25) is 0 Å². The lowest BCUT2D eigenvalue weighted by molar-refractivity contribution is -0.200. The molecule has 9 nitrogen and oxygen atoms in total. The van der Waals surface area contributed by atoms with Crippen molar-refractivity contribution in [3.05, 3.63) is 0 Å². The summed E-state index contributed by atoms with van der Waals surface area (Å²) in [6.07, 6.45) is 8.04. The fourth-order valence-electron chi connectivity index (χ4n) is 10.9. The van der Waals surface area contributed by atoms with Crippen LogP contribution >= 0.6 is 0 Å². The Morgan fingerprint density at radius 2 is 1.85 bits per heavy atom. The van der Waals surface area contributed by atoms with Crippen LogP contribution in [0.5, 0.6) is 0 Å². The van der Waals surface area contributed by atoms with Gasteiger partial charge in [0.05, 0.1) is 17.8 Å². The van der Waals surface area contributed by atoms with E-state index in [0.29, 0.717) is 30.8 Å². The highest BCUT2D eigenvalue weighted by atomic mass is 16.7. The van der Waals surface area contributed by atoms with Crippen LogP contribution in [-0.4, -0.2) is 72.3 Å². The van der Waals surface area contributed by atoms with Gasteiger partial charge < -0.3 is 28.8 Å². The first-order valence-electron chi connectivity index (χ1n) is 15.6. The number of aldehydes is 2. The van der Waals surface area contributed by atoms with Crippen molar-refractivity contribution < 1.29 is 43.2 Å². The maximum Gasteiger partial charge on any atom is 0.303 e. The summed E-state index contributed by atoms with van der Waals surface area (Å²) in [4.78, 5) is 48.2. The predicted molar refractivity (Wildman–Crippen MR) is 145 cm³/mol. The molecule has 41 heavy (non-hydrogen) atoms. The highest BCUT2D eigenvalue weighted by Crippen LogP contribution is 2.85. The van der Waals surface area contributed by atoms with Crippen LogP contribution in [0, 0.1) is 39.9 Å². The molecule has 6 aliphatic rings. The number of esters is 1. The van der Waals surface area contributed by atoms with Crippen LogP contribution in [0.25, 0.3) is 0 Å². The zero-order valence-electron chi connectivity index (χ0n) is 24.8. The van der Waals surface area contributed by atoms with Crippen LogP contribution in [0.4, 0.5) is 0 Å². The van der Waals surface area contributed by atoms with E-state index < -0.39 is 36.2 Å². The quantitative estimate of drug-likeness (QED) is 0.250. The Morgan fingerprint density at radius 1 is 1.10 bits per heavy atom. The highest BCUT2D eigenvalue weighted by Gasteiger charge is 2.80. The summed E-state index contributed by atoms with van der Waals surface area (Å²) in [6, 6.07) is 0. The lowest BCUT2D eigenvalue weighted by Crippen LogP contribution is -2.53. The summed E-state index contributed by atoms with van der Waals surface area (Å²) in [5.74, 6) is 0.751. The standard InChI is InChI=1S/C32H46O9/c1-18(35)39-28(29(2,3)37)23-8-7-22-27(41-23)26(36)25-21-6-5-19-15-20(40-24(16-34)38-14-13-33)9-10-31(19)17-32(21,31)12-11-30(22,25)4/h13,16,19-25,27-28,37H,5-12,14-15,17H2,1-4H3. The van der Waals surface area contributed by atoms with E-state index in [-0.39, 0.29) is 46.6 Å². The average molecular weight is 575 g/mol. The summed E-state index contributed by atoms with van der Waals surface area (Å²) in [6.45, 7) is 6.75. The zero-order chi connectivity index (χ0) is 29.4. The number of ether oxygens (including phenoxy) is 4. The smallest absolute Gasteiger partial charge is 0.303 e. The second kappa shape index (κ2) is 10.2. The molecule has 5 saturated carbocycles. The van der Waals surface area contributed by atoms with Gasteiger partial charge in [0.1, 0.15) is 19.0 Å². The van der Waals surface area contributed by atoms with Crippen LogP contribution < -0.4 is 0 Å². The van der Waals surface area contributed by atoms with Gasteiger partial charge in [0.15, 0.2) is 18.2 Å². The Balaban J connectivity index is 1.18. The number of rotatable bonds is 9. The third-order valence-corrected chi connectivity index (χ3v) is 12.5. The number of fused-ring (bicyclic) bond motifs is 4. The first kappa shape index (κ1) is 29.4. The van der Waals surface area contributed by atoms with Crippen LogP contribution in [0.3, 0.4) is 0 Å². The number of Topliss-reactive ketones (excluding diaryl/α,β-unsaturated/α-hetero) is 1. The Kier molecular flexibility index (Phi) is 7.32. The first-order chi connectivity index (χ1) is 19.4. The van der Waals surface area contributed by atoms with Gasteiger partial charge in [-0.25, -0.2) is 0 Å². The summed E-state index contributed by atoms with van der Waals surface area (Å²) >= 11 is 0. The summed E-state index contributed by atoms with van der Waals surface area (Å²) in [7, 11) is 0. The van der Waals surface area contributed by atoms with Gasteiger partial charge >= 0.3 is 5.97 Å². The van der Waals surface area contributed by atoms with E-state index in [1.807, 2.05) is 0 Å². The minimum absolute atomic E-state index is 0.0233. The Labute approximate surface area is 242 Å². The molecule has 12 unspecified atom stereocenters. The van der Waals surface area contributed by atoms with Gasteiger partial charge in [0.2, 0.25) is 6.29 Å². The molecule has 1 aliphatic heterocycles. The molecule has 9 heteroatoms. The molecule has 0 aromatic carbocycles. The number of aliphatic hydroxyl groups is 1. The van der Waals surface area contributed by atoms with Crippen molar-refractivity contribution in [3.8, 4) is 0 Å². The normalized spacial score (nSPS) is 46.1. The van der Waals surface area contributed by atoms with E-state index in [9.17, 15) is 24.3 Å². The van der Waals surface area contributed by atoms with Gasteiger partial charge in [-0.05, 0) is 112 Å². The molecule has 0 bridgehead atoms. The van der Waals surface area contributed by atoms with Gasteiger partial charge in [-0.2, -0.15) is 0 Å². The summed E-state index contributed by atoms with van der Waals surface area (Å²) in [5.41, 5.74) is -0.938. The van der Waals surface area contributed by atoms with Crippen LogP contribution in [-0.2, 0) is 38.1 Å². The third kappa shape index (κ3) is 4.47. The number of ketones is 1. The maximum absolute atomic E-state index is 14.3. The van der Waals surface area contributed by atoms with Crippen molar-refractivity contribution in [1.82, 2.24) is 0 Å². The SMILES string of the molecule is CC(=O)OC(C1CCC2C(O1)C(=O)C1C3CCC4CC(OC(C=O)OCC=O)CCC45CC35CCC21C)C(C)(C)O. The lowest BCUT2D eigenvalue weighted by atomic mass is 9.49. The molecule has 1 heterocycles. The molecule has 0 aromatic rings. The molecule has 1 N–H and O–H groups in total. The lowest BCUT2D eigenvalue weighted by Gasteiger charge is -2.55. The van der Waals surface area contributed by atoms with E-state index in [1.165, 1.54) is 13.3 Å². The van der Waals surface area contributed by atoms with Gasteiger partial charge in [-0.3, -0.25) is 14.4 Å². The number of hydrogen-bond donors (Lipinski definition) is 1. The van der Waals surface area contributed by atoms with E-state index in [1.54, 1.807) is 13.8 Å². The van der Waals surface area contributed by atoms with Crippen molar-refractivity contribution in [2.24, 2.45) is 39.9 Å². The molecular weight excluding hydrogens is 528 g/mol.